The van der Waals surface area contributed by atoms with Gasteiger partial charge in [0.1, 0.15) is 5.82 Å². The summed E-state index contributed by atoms with van der Waals surface area (Å²) in [5.41, 5.74) is 2.33. The Morgan fingerprint density at radius 2 is 1.74 bits per heavy atom. The quantitative estimate of drug-likeness (QED) is 0.869. The van der Waals surface area contributed by atoms with Gasteiger partial charge in [-0.3, -0.25) is 0 Å². The van der Waals surface area contributed by atoms with Crippen molar-refractivity contribution in [3.05, 3.63) is 69.0 Å². The zero-order valence-electron chi connectivity index (χ0n) is 10.3. The molecule has 0 saturated carbocycles. The third-order valence-corrected chi connectivity index (χ3v) is 3.43. The summed E-state index contributed by atoms with van der Waals surface area (Å²) < 4.78 is 13.2. The standard InChI is InChI=1S/C15H13Cl2FO/c1-9-2-3-14(18)6-10(9)7-15(19)11-4-12(16)8-13(17)5-11/h2-6,8,15,19H,7H2,1H3. The summed E-state index contributed by atoms with van der Waals surface area (Å²) in [6.45, 7) is 1.88. The molecule has 1 N–H and O–H groups in total. The average Bonchev–Trinajstić information content (AvgIpc) is 2.32. The molecule has 0 aromatic heterocycles. The maximum absolute atomic E-state index is 13.2. The van der Waals surface area contributed by atoms with Crippen LogP contribution in [0.2, 0.25) is 10.0 Å². The van der Waals surface area contributed by atoms with Crippen molar-refractivity contribution in [2.75, 3.05) is 0 Å². The largest absolute Gasteiger partial charge is 0.388 e. The highest BCUT2D eigenvalue weighted by molar-refractivity contribution is 6.34. The van der Waals surface area contributed by atoms with Gasteiger partial charge >= 0.3 is 0 Å². The number of aryl methyl sites for hydroxylation is 1. The maximum Gasteiger partial charge on any atom is 0.123 e. The third-order valence-electron chi connectivity index (χ3n) is 2.99. The fraction of sp³-hybridized carbons (Fsp3) is 0.200. The normalized spacial score (nSPS) is 12.5. The van der Waals surface area contributed by atoms with Gasteiger partial charge in [0.2, 0.25) is 0 Å². The topological polar surface area (TPSA) is 20.2 Å². The second kappa shape index (κ2) is 5.91. The zero-order valence-corrected chi connectivity index (χ0v) is 11.8. The molecule has 0 bridgehead atoms. The van der Waals surface area contributed by atoms with E-state index in [1.807, 2.05) is 6.92 Å². The number of aliphatic hydroxyl groups excluding tert-OH is 1. The van der Waals surface area contributed by atoms with E-state index < -0.39 is 6.10 Å². The van der Waals surface area contributed by atoms with E-state index in [2.05, 4.69) is 0 Å². The SMILES string of the molecule is Cc1ccc(F)cc1CC(O)c1cc(Cl)cc(Cl)c1. The monoisotopic (exact) mass is 298 g/mol. The van der Waals surface area contributed by atoms with Crippen molar-refractivity contribution in [2.45, 2.75) is 19.4 Å². The van der Waals surface area contributed by atoms with Crippen molar-refractivity contribution in [3.63, 3.8) is 0 Å². The smallest absolute Gasteiger partial charge is 0.123 e. The fourth-order valence-electron chi connectivity index (χ4n) is 1.95. The van der Waals surface area contributed by atoms with E-state index in [4.69, 9.17) is 23.2 Å². The molecule has 0 saturated heterocycles. The van der Waals surface area contributed by atoms with Gasteiger partial charge in [0.15, 0.2) is 0 Å². The Morgan fingerprint density at radius 3 is 2.37 bits per heavy atom. The molecule has 1 unspecified atom stereocenters. The molecule has 0 heterocycles. The highest BCUT2D eigenvalue weighted by atomic mass is 35.5. The molecule has 0 aliphatic carbocycles. The molecule has 19 heavy (non-hydrogen) atoms. The number of aliphatic hydroxyl groups is 1. The minimum absolute atomic E-state index is 0.308. The molecular formula is C15H13Cl2FO. The molecule has 2 aromatic carbocycles. The summed E-state index contributed by atoms with van der Waals surface area (Å²) >= 11 is 11.8. The Morgan fingerprint density at radius 1 is 1.11 bits per heavy atom. The van der Waals surface area contributed by atoms with Crippen LogP contribution in [0.4, 0.5) is 4.39 Å². The lowest BCUT2D eigenvalue weighted by molar-refractivity contribution is 0.178. The molecule has 100 valence electrons. The summed E-state index contributed by atoms with van der Waals surface area (Å²) in [7, 11) is 0. The maximum atomic E-state index is 13.2. The lowest BCUT2D eigenvalue weighted by Crippen LogP contribution is -2.03. The molecule has 0 radical (unpaired) electrons. The van der Waals surface area contributed by atoms with Crippen LogP contribution in [-0.4, -0.2) is 5.11 Å². The van der Waals surface area contributed by atoms with Gasteiger partial charge in [-0.1, -0.05) is 29.3 Å². The summed E-state index contributed by atoms with van der Waals surface area (Å²) in [6, 6.07) is 9.46. The molecular weight excluding hydrogens is 286 g/mol. The number of hydrogen-bond acceptors (Lipinski definition) is 1. The Balaban J connectivity index is 2.25. The van der Waals surface area contributed by atoms with Crippen LogP contribution in [0.1, 0.15) is 22.8 Å². The lowest BCUT2D eigenvalue weighted by Gasteiger charge is -2.14. The van der Waals surface area contributed by atoms with E-state index in [1.54, 1.807) is 24.3 Å². The lowest BCUT2D eigenvalue weighted by atomic mass is 9.98. The van der Waals surface area contributed by atoms with E-state index in [-0.39, 0.29) is 5.82 Å². The summed E-state index contributed by atoms with van der Waals surface area (Å²) in [4.78, 5) is 0. The first-order chi connectivity index (χ1) is 8.95. The van der Waals surface area contributed by atoms with Crippen LogP contribution >= 0.6 is 23.2 Å². The van der Waals surface area contributed by atoms with Crippen molar-refractivity contribution in [1.29, 1.82) is 0 Å². The fourth-order valence-corrected chi connectivity index (χ4v) is 2.50. The second-order valence-electron chi connectivity index (χ2n) is 4.49. The molecule has 0 amide bonds. The molecule has 0 fully saturated rings. The van der Waals surface area contributed by atoms with Gasteiger partial charge in [0.05, 0.1) is 6.10 Å². The first kappa shape index (κ1) is 14.3. The van der Waals surface area contributed by atoms with Crippen LogP contribution in [0.25, 0.3) is 0 Å². The molecule has 1 nitrogen and oxygen atoms in total. The van der Waals surface area contributed by atoms with Gasteiger partial charge in [0, 0.05) is 16.5 Å². The van der Waals surface area contributed by atoms with Crippen molar-refractivity contribution in [1.82, 2.24) is 0 Å². The predicted molar refractivity (Wildman–Crippen MR) is 76.3 cm³/mol. The number of benzene rings is 2. The van der Waals surface area contributed by atoms with Crippen molar-refractivity contribution >= 4 is 23.2 Å². The van der Waals surface area contributed by atoms with Gasteiger partial charge in [-0.05, 0) is 53.9 Å². The molecule has 0 spiro atoms. The predicted octanol–water partition coefficient (Wildman–Crippen LogP) is 4.72. The van der Waals surface area contributed by atoms with Crippen molar-refractivity contribution < 1.29 is 9.50 Å². The van der Waals surface area contributed by atoms with Gasteiger partial charge in [-0.25, -0.2) is 4.39 Å². The van der Waals surface area contributed by atoms with E-state index in [1.165, 1.54) is 12.1 Å². The second-order valence-corrected chi connectivity index (χ2v) is 5.37. The van der Waals surface area contributed by atoms with Gasteiger partial charge in [0.25, 0.3) is 0 Å². The average molecular weight is 299 g/mol. The van der Waals surface area contributed by atoms with Crippen LogP contribution in [-0.2, 0) is 6.42 Å². The van der Waals surface area contributed by atoms with E-state index in [0.717, 1.165) is 11.1 Å². The van der Waals surface area contributed by atoms with Crippen LogP contribution < -0.4 is 0 Å². The number of hydrogen-bond donors (Lipinski definition) is 1. The zero-order chi connectivity index (χ0) is 14.0. The van der Waals surface area contributed by atoms with Crippen LogP contribution in [0.15, 0.2) is 36.4 Å². The summed E-state index contributed by atoms with van der Waals surface area (Å²) in [5, 5.41) is 11.1. The molecule has 0 aliphatic rings. The highest BCUT2D eigenvalue weighted by Crippen LogP contribution is 2.26. The van der Waals surface area contributed by atoms with E-state index in [9.17, 15) is 9.50 Å². The van der Waals surface area contributed by atoms with Crippen molar-refractivity contribution in [3.8, 4) is 0 Å². The van der Waals surface area contributed by atoms with Crippen molar-refractivity contribution in [2.24, 2.45) is 0 Å². The number of rotatable bonds is 3. The summed E-state index contributed by atoms with van der Waals surface area (Å²) in [6.07, 6.45) is -0.447. The molecule has 0 aliphatic heterocycles. The Bertz CT molecular complexity index is 578. The minimum atomic E-state index is -0.767. The minimum Gasteiger partial charge on any atom is -0.388 e. The molecule has 2 aromatic rings. The number of halogens is 3. The van der Waals surface area contributed by atoms with Crippen LogP contribution in [0.3, 0.4) is 0 Å². The molecule has 4 heteroatoms. The Labute approximate surface area is 121 Å². The third kappa shape index (κ3) is 3.69. The first-order valence-electron chi connectivity index (χ1n) is 5.85. The summed E-state index contributed by atoms with van der Waals surface area (Å²) in [5.74, 6) is -0.308. The van der Waals surface area contributed by atoms with E-state index >= 15 is 0 Å². The van der Waals surface area contributed by atoms with Gasteiger partial charge in [-0.2, -0.15) is 0 Å². The van der Waals surface area contributed by atoms with Crippen LogP contribution in [0.5, 0.6) is 0 Å². The van der Waals surface area contributed by atoms with E-state index in [0.29, 0.717) is 22.0 Å². The Kier molecular flexibility index (Phi) is 4.46. The highest BCUT2D eigenvalue weighted by Gasteiger charge is 2.12. The molecule has 2 rings (SSSR count). The van der Waals surface area contributed by atoms with Gasteiger partial charge < -0.3 is 5.11 Å². The van der Waals surface area contributed by atoms with Crippen LogP contribution in [0, 0.1) is 12.7 Å². The molecule has 1 atom stereocenters. The Hall–Kier alpha value is -1.09. The van der Waals surface area contributed by atoms with Gasteiger partial charge in [-0.15, -0.1) is 0 Å². The first-order valence-corrected chi connectivity index (χ1v) is 6.60.